The van der Waals surface area contributed by atoms with Crippen LogP contribution in [0.2, 0.25) is 5.02 Å². The van der Waals surface area contributed by atoms with E-state index in [1.165, 1.54) is 36.9 Å². The zero-order valence-corrected chi connectivity index (χ0v) is 25.8. The molecule has 0 amide bonds. The Bertz CT molecular complexity index is 1360. The molecule has 7 nitrogen and oxygen atoms in total. The standard InChI is InChI=1S/C29H38ClN6OP.ClH/c1-20-16-21(10-11-25(20)36-14-12-29(13-15-36)17-22(18-29)35(2)3)32-28-31-19-23(30)27(34-28)33-24-8-6-7-9-26(24)38(4,5)37;/h6-11,16,19,22H,12-15,17-18H2,1-5H3,(H2,31,32,33,34);1H. The number of nitrogens with zero attached hydrogens (tertiary/aromatic N) is 4. The second-order valence-corrected chi connectivity index (χ2v) is 15.1. The number of benzene rings is 2. The van der Waals surface area contributed by atoms with Crippen LogP contribution in [0.4, 0.5) is 28.8 Å². The molecule has 1 saturated carbocycles. The fourth-order valence-corrected chi connectivity index (χ4v) is 7.14. The molecule has 10 heteroatoms. The molecular formula is C29H39Cl2N6OP. The largest absolute Gasteiger partial charge is 0.371 e. The maximum Gasteiger partial charge on any atom is 0.229 e. The number of para-hydroxylation sites is 1. The van der Waals surface area contributed by atoms with Crippen molar-refractivity contribution in [2.24, 2.45) is 5.41 Å². The Hall–Kier alpha value is -2.31. The van der Waals surface area contributed by atoms with Crippen molar-refractivity contribution >= 4 is 65.3 Å². The molecule has 1 aliphatic heterocycles. The van der Waals surface area contributed by atoms with Crippen LogP contribution >= 0.6 is 31.1 Å². The highest BCUT2D eigenvalue weighted by Crippen LogP contribution is 2.51. The predicted molar refractivity (Wildman–Crippen MR) is 168 cm³/mol. The molecule has 2 N–H and O–H groups in total. The second-order valence-electron chi connectivity index (χ2n) is 11.5. The molecule has 39 heavy (non-hydrogen) atoms. The van der Waals surface area contributed by atoms with E-state index in [9.17, 15) is 4.57 Å². The van der Waals surface area contributed by atoms with E-state index in [0.29, 0.717) is 22.2 Å². The van der Waals surface area contributed by atoms with E-state index in [4.69, 9.17) is 11.6 Å². The number of anilines is 5. The molecular weight excluding hydrogens is 550 g/mol. The SMILES string of the molecule is Cc1cc(Nc2ncc(Cl)c(Nc3ccccc3P(C)(C)=O)n2)ccc1N1CCC2(CC1)CC(N(C)C)C2.Cl. The highest BCUT2D eigenvalue weighted by molar-refractivity contribution is 7.70. The smallest absolute Gasteiger partial charge is 0.229 e. The Balaban J connectivity index is 0.00000353. The molecule has 2 aliphatic rings. The summed E-state index contributed by atoms with van der Waals surface area (Å²) in [5, 5.41) is 7.73. The second kappa shape index (κ2) is 11.7. The van der Waals surface area contributed by atoms with Crippen LogP contribution in [0.5, 0.6) is 0 Å². The van der Waals surface area contributed by atoms with Gasteiger partial charge in [0.05, 0.1) is 11.9 Å². The van der Waals surface area contributed by atoms with E-state index in [0.717, 1.165) is 35.8 Å². The molecule has 5 rings (SSSR count). The van der Waals surface area contributed by atoms with Crippen molar-refractivity contribution in [3.8, 4) is 0 Å². The van der Waals surface area contributed by atoms with Gasteiger partial charge in [-0.1, -0.05) is 23.7 Å². The van der Waals surface area contributed by atoms with E-state index < -0.39 is 7.14 Å². The third kappa shape index (κ3) is 6.54. The van der Waals surface area contributed by atoms with Crippen LogP contribution in [0, 0.1) is 12.3 Å². The summed E-state index contributed by atoms with van der Waals surface area (Å²) >= 11 is 6.41. The van der Waals surface area contributed by atoms with E-state index in [-0.39, 0.29) is 12.4 Å². The Kier molecular flexibility index (Phi) is 8.87. The van der Waals surface area contributed by atoms with Crippen molar-refractivity contribution in [1.29, 1.82) is 0 Å². The molecule has 0 radical (unpaired) electrons. The van der Waals surface area contributed by atoms with E-state index in [1.807, 2.05) is 24.3 Å². The van der Waals surface area contributed by atoms with Gasteiger partial charge in [0.2, 0.25) is 5.95 Å². The number of rotatable bonds is 7. The number of aryl methyl sites for hydroxylation is 1. The lowest BCUT2D eigenvalue weighted by atomic mass is 9.60. The van der Waals surface area contributed by atoms with E-state index in [1.54, 1.807) is 19.5 Å². The molecule has 0 bridgehead atoms. The number of halogens is 2. The Morgan fingerprint density at radius 3 is 2.41 bits per heavy atom. The van der Waals surface area contributed by atoms with Gasteiger partial charge in [-0.3, -0.25) is 0 Å². The van der Waals surface area contributed by atoms with Gasteiger partial charge in [-0.25, -0.2) is 4.98 Å². The lowest BCUT2D eigenvalue weighted by Gasteiger charge is -2.54. The first-order valence-corrected chi connectivity index (χ1v) is 16.2. The molecule has 1 aliphatic carbocycles. The van der Waals surface area contributed by atoms with Crippen LogP contribution in [0.1, 0.15) is 31.2 Å². The minimum Gasteiger partial charge on any atom is -0.371 e. The fraction of sp³-hybridized carbons (Fsp3) is 0.448. The van der Waals surface area contributed by atoms with Gasteiger partial charge in [-0.2, -0.15) is 4.98 Å². The topological polar surface area (TPSA) is 73.4 Å². The van der Waals surface area contributed by atoms with Crippen LogP contribution in [-0.4, -0.2) is 61.4 Å². The molecule has 2 fully saturated rings. The van der Waals surface area contributed by atoms with Gasteiger partial charge in [0.25, 0.3) is 0 Å². The van der Waals surface area contributed by atoms with Gasteiger partial charge in [0, 0.05) is 35.8 Å². The average molecular weight is 590 g/mol. The Labute approximate surface area is 243 Å². The zero-order chi connectivity index (χ0) is 27.1. The van der Waals surface area contributed by atoms with Crippen molar-refractivity contribution < 1.29 is 4.57 Å². The predicted octanol–water partition coefficient (Wildman–Crippen LogP) is 6.91. The third-order valence-corrected chi connectivity index (χ3v) is 9.99. The molecule has 2 heterocycles. The molecule has 0 unspecified atom stereocenters. The lowest BCUT2D eigenvalue weighted by molar-refractivity contribution is 0.00489. The molecule has 1 saturated heterocycles. The van der Waals surface area contributed by atoms with Crippen LogP contribution in [0.3, 0.4) is 0 Å². The molecule has 0 atom stereocenters. The van der Waals surface area contributed by atoms with Crippen molar-refractivity contribution in [2.45, 2.75) is 38.6 Å². The highest BCUT2D eigenvalue weighted by Gasteiger charge is 2.46. The maximum atomic E-state index is 12.8. The van der Waals surface area contributed by atoms with Crippen molar-refractivity contribution in [3.05, 3.63) is 59.2 Å². The van der Waals surface area contributed by atoms with Crippen LogP contribution in [0.25, 0.3) is 0 Å². The van der Waals surface area contributed by atoms with Crippen molar-refractivity contribution in [3.63, 3.8) is 0 Å². The average Bonchev–Trinajstić information content (AvgIpc) is 2.84. The molecule has 2 aromatic carbocycles. The summed E-state index contributed by atoms with van der Waals surface area (Å²) in [6.45, 7) is 7.91. The van der Waals surface area contributed by atoms with Gasteiger partial charge >= 0.3 is 0 Å². The third-order valence-electron chi connectivity index (χ3n) is 8.17. The van der Waals surface area contributed by atoms with E-state index in [2.05, 4.69) is 69.6 Å². The zero-order valence-electron chi connectivity index (χ0n) is 23.4. The van der Waals surface area contributed by atoms with Gasteiger partial charge in [0.15, 0.2) is 5.82 Å². The van der Waals surface area contributed by atoms with Gasteiger partial charge in [0.1, 0.15) is 12.2 Å². The lowest BCUT2D eigenvalue weighted by Crippen LogP contribution is -2.53. The maximum absolute atomic E-state index is 12.8. The Morgan fingerprint density at radius 2 is 1.77 bits per heavy atom. The van der Waals surface area contributed by atoms with Gasteiger partial charge < -0.3 is 25.0 Å². The normalized spacial score (nSPS) is 17.1. The Morgan fingerprint density at radius 1 is 1.08 bits per heavy atom. The summed E-state index contributed by atoms with van der Waals surface area (Å²) in [4.78, 5) is 13.9. The molecule has 1 aromatic heterocycles. The van der Waals surface area contributed by atoms with Crippen LogP contribution in [-0.2, 0) is 4.57 Å². The molecule has 3 aromatic rings. The van der Waals surface area contributed by atoms with Crippen molar-refractivity contribution in [2.75, 3.05) is 56.0 Å². The first kappa shape index (κ1) is 29.7. The highest BCUT2D eigenvalue weighted by atomic mass is 35.5. The number of hydrogen-bond acceptors (Lipinski definition) is 7. The summed E-state index contributed by atoms with van der Waals surface area (Å²) in [6, 6.07) is 14.7. The first-order valence-electron chi connectivity index (χ1n) is 13.3. The number of nitrogens with one attached hydrogen (secondary N) is 2. The summed E-state index contributed by atoms with van der Waals surface area (Å²) in [7, 11) is 1.92. The van der Waals surface area contributed by atoms with E-state index >= 15 is 0 Å². The molecule has 210 valence electrons. The monoisotopic (exact) mass is 588 g/mol. The van der Waals surface area contributed by atoms with Crippen LogP contribution in [0.15, 0.2) is 48.7 Å². The number of piperidine rings is 1. The van der Waals surface area contributed by atoms with Gasteiger partial charge in [-0.05, 0) is 101 Å². The van der Waals surface area contributed by atoms with Gasteiger partial charge in [-0.15, -0.1) is 12.4 Å². The summed E-state index contributed by atoms with van der Waals surface area (Å²) in [6.07, 6.45) is 6.82. The van der Waals surface area contributed by atoms with Crippen molar-refractivity contribution in [1.82, 2.24) is 14.9 Å². The first-order chi connectivity index (χ1) is 18.0. The number of aromatic nitrogens is 2. The van der Waals surface area contributed by atoms with Crippen LogP contribution < -0.4 is 20.8 Å². The minimum absolute atomic E-state index is 0. The molecule has 1 spiro atoms. The number of hydrogen-bond donors (Lipinski definition) is 2. The summed E-state index contributed by atoms with van der Waals surface area (Å²) < 4.78 is 12.8. The summed E-state index contributed by atoms with van der Waals surface area (Å²) in [5.41, 5.74) is 4.74. The fourth-order valence-electron chi connectivity index (χ4n) is 5.84. The quantitative estimate of drug-likeness (QED) is 0.290. The minimum atomic E-state index is -2.48. The summed E-state index contributed by atoms with van der Waals surface area (Å²) in [5.74, 6) is 0.909.